The minimum absolute atomic E-state index is 0.0215. The maximum absolute atomic E-state index is 12.2. The third-order valence-corrected chi connectivity index (χ3v) is 3.81. The third kappa shape index (κ3) is 3.25. The Hall–Kier alpha value is -2.02. The summed E-state index contributed by atoms with van der Waals surface area (Å²) in [4.78, 5) is 12.2. The summed E-state index contributed by atoms with van der Waals surface area (Å²) in [5.74, 6) is 0.809. The summed E-state index contributed by atoms with van der Waals surface area (Å²) in [6, 6.07) is 7.02. The number of carbonyl (C=O) groups is 1. The van der Waals surface area contributed by atoms with Crippen LogP contribution in [0.25, 0.3) is 0 Å². The van der Waals surface area contributed by atoms with Crippen LogP contribution in [-0.2, 0) is 4.79 Å². The van der Waals surface area contributed by atoms with Crippen LogP contribution in [0.3, 0.4) is 0 Å². The Kier molecular flexibility index (Phi) is 4.06. The molecule has 1 amide bonds. The zero-order valence-corrected chi connectivity index (χ0v) is 11.1. The lowest BCUT2D eigenvalue weighted by molar-refractivity contribution is -0.121. The number of carbonyl (C=O) groups excluding carboxylic acids is 1. The maximum atomic E-state index is 12.2. The molecule has 1 aromatic carbocycles. The van der Waals surface area contributed by atoms with Gasteiger partial charge in [0.25, 0.3) is 0 Å². The first-order valence-electron chi connectivity index (χ1n) is 6.70. The van der Waals surface area contributed by atoms with Crippen molar-refractivity contribution in [3.05, 3.63) is 23.8 Å². The molecule has 2 rings (SSSR count). The second-order valence-corrected chi connectivity index (χ2v) is 5.36. The van der Waals surface area contributed by atoms with Crippen LogP contribution >= 0.6 is 0 Å². The van der Waals surface area contributed by atoms with Crippen LogP contribution in [0.2, 0.25) is 0 Å². The Morgan fingerprint density at radius 1 is 1.37 bits per heavy atom. The van der Waals surface area contributed by atoms with E-state index in [-0.39, 0.29) is 11.8 Å². The first-order chi connectivity index (χ1) is 9.10. The number of hydrogen-bond donors (Lipinski definition) is 2. The van der Waals surface area contributed by atoms with Gasteiger partial charge >= 0.3 is 0 Å². The smallest absolute Gasteiger partial charge is 0.227 e. The molecule has 1 aliphatic rings. The molecule has 3 N–H and O–H groups in total. The fourth-order valence-electron chi connectivity index (χ4n) is 2.52. The predicted octanol–water partition coefficient (Wildman–Crippen LogP) is 2.91. The summed E-state index contributed by atoms with van der Waals surface area (Å²) in [7, 11) is 0. The molecule has 0 aromatic heterocycles. The van der Waals surface area contributed by atoms with E-state index in [9.17, 15) is 4.79 Å². The molecule has 0 bridgehead atoms. The van der Waals surface area contributed by atoms with E-state index >= 15 is 0 Å². The number of anilines is 2. The van der Waals surface area contributed by atoms with E-state index in [0.29, 0.717) is 16.9 Å². The summed E-state index contributed by atoms with van der Waals surface area (Å²) in [5.41, 5.74) is 7.13. The number of amides is 1. The summed E-state index contributed by atoms with van der Waals surface area (Å²) < 4.78 is 0. The number of nitriles is 1. The Labute approximate surface area is 113 Å². The molecule has 0 saturated heterocycles. The van der Waals surface area contributed by atoms with Crippen molar-refractivity contribution in [1.29, 1.82) is 5.26 Å². The first kappa shape index (κ1) is 13.4. The van der Waals surface area contributed by atoms with Gasteiger partial charge in [-0.1, -0.05) is 6.92 Å². The van der Waals surface area contributed by atoms with Gasteiger partial charge in [-0.3, -0.25) is 4.79 Å². The van der Waals surface area contributed by atoms with Crippen molar-refractivity contribution in [2.24, 2.45) is 11.8 Å². The summed E-state index contributed by atoms with van der Waals surface area (Å²) in [6.07, 6.45) is 4.07. The van der Waals surface area contributed by atoms with Crippen LogP contribution in [0.5, 0.6) is 0 Å². The van der Waals surface area contributed by atoms with Crippen molar-refractivity contribution in [1.82, 2.24) is 0 Å². The SMILES string of the molecule is CC1CCC(C(=O)Nc2ccc(N)cc2C#N)CC1. The molecule has 4 nitrogen and oxygen atoms in total. The number of hydrogen-bond acceptors (Lipinski definition) is 3. The van der Waals surface area contributed by atoms with Crippen molar-refractivity contribution < 1.29 is 4.79 Å². The molecule has 1 aliphatic carbocycles. The Morgan fingerprint density at radius 3 is 2.68 bits per heavy atom. The topological polar surface area (TPSA) is 78.9 Å². The molecule has 0 aliphatic heterocycles. The van der Waals surface area contributed by atoms with Crippen molar-refractivity contribution in [2.45, 2.75) is 32.6 Å². The molecule has 1 fully saturated rings. The molecule has 1 aromatic rings. The predicted molar refractivity (Wildman–Crippen MR) is 75.3 cm³/mol. The van der Waals surface area contributed by atoms with Gasteiger partial charge in [-0.15, -0.1) is 0 Å². The van der Waals surface area contributed by atoms with E-state index in [1.807, 2.05) is 0 Å². The van der Waals surface area contributed by atoms with Crippen LogP contribution in [0.15, 0.2) is 18.2 Å². The fraction of sp³-hybridized carbons (Fsp3) is 0.467. The van der Waals surface area contributed by atoms with E-state index in [2.05, 4.69) is 18.3 Å². The molecule has 0 radical (unpaired) electrons. The second-order valence-electron chi connectivity index (χ2n) is 5.36. The fourth-order valence-corrected chi connectivity index (χ4v) is 2.52. The molecule has 100 valence electrons. The van der Waals surface area contributed by atoms with Gasteiger partial charge in [0, 0.05) is 11.6 Å². The molecule has 0 unspecified atom stereocenters. The summed E-state index contributed by atoms with van der Waals surface area (Å²) >= 11 is 0. The molecule has 0 atom stereocenters. The zero-order valence-electron chi connectivity index (χ0n) is 11.1. The zero-order chi connectivity index (χ0) is 13.8. The van der Waals surface area contributed by atoms with Crippen molar-refractivity contribution in [2.75, 3.05) is 11.1 Å². The summed E-state index contributed by atoms with van der Waals surface area (Å²) in [5, 5.41) is 11.9. The van der Waals surface area contributed by atoms with Crippen LogP contribution in [-0.4, -0.2) is 5.91 Å². The van der Waals surface area contributed by atoms with Gasteiger partial charge in [0.05, 0.1) is 11.3 Å². The minimum atomic E-state index is 0.0215. The number of benzene rings is 1. The van der Waals surface area contributed by atoms with Gasteiger partial charge in [-0.2, -0.15) is 5.26 Å². The molecule has 0 spiro atoms. The van der Waals surface area contributed by atoms with E-state index in [1.165, 1.54) is 0 Å². The monoisotopic (exact) mass is 257 g/mol. The van der Waals surface area contributed by atoms with Crippen LogP contribution in [0.4, 0.5) is 11.4 Å². The average molecular weight is 257 g/mol. The van der Waals surface area contributed by atoms with Crippen LogP contribution in [0, 0.1) is 23.2 Å². The van der Waals surface area contributed by atoms with Gasteiger partial charge in [0.15, 0.2) is 0 Å². The highest BCUT2D eigenvalue weighted by molar-refractivity contribution is 5.94. The third-order valence-electron chi connectivity index (χ3n) is 3.81. The Bertz CT molecular complexity index is 511. The lowest BCUT2D eigenvalue weighted by Gasteiger charge is -2.25. The molecular formula is C15H19N3O. The van der Waals surface area contributed by atoms with Crippen molar-refractivity contribution in [3.63, 3.8) is 0 Å². The molecular weight excluding hydrogens is 238 g/mol. The van der Waals surface area contributed by atoms with Gasteiger partial charge < -0.3 is 11.1 Å². The summed E-state index contributed by atoms with van der Waals surface area (Å²) in [6.45, 7) is 2.22. The highest BCUT2D eigenvalue weighted by Gasteiger charge is 2.24. The number of nitrogen functional groups attached to an aromatic ring is 1. The quantitative estimate of drug-likeness (QED) is 0.799. The molecule has 4 heteroatoms. The second kappa shape index (κ2) is 5.75. The van der Waals surface area contributed by atoms with Crippen molar-refractivity contribution in [3.8, 4) is 6.07 Å². The highest BCUT2D eigenvalue weighted by Crippen LogP contribution is 2.29. The number of nitrogens with two attached hydrogens (primary N) is 1. The van der Waals surface area contributed by atoms with Gasteiger partial charge in [-0.25, -0.2) is 0 Å². The first-order valence-corrected chi connectivity index (χ1v) is 6.70. The normalized spacial score (nSPS) is 22.5. The molecule has 0 heterocycles. The van der Waals surface area contributed by atoms with Crippen LogP contribution in [0.1, 0.15) is 38.2 Å². The van der Waals surface area contributed by atoms with Crippen LogP contribution < -0.4 is 11.1 Å². The van der Waals surface area contributed by atoms with E-state index in [4.69, 9.17) is 11.0 Å². The average Bonchev–Trinajstić information content (AvgIpc) is 2.41. The largest absolute Gasteiger partial charge is 0.399 e. The lowest BCUT2D eigenvalue weighted by Crippen LogP contribution is -2.26. The molecule has 1 saturated carbocycles. The Morgan fingerprint density at radius 2 is 2.05 bits per heavy atom. The maximum Gasteiger partial charge on any atom is 0.227 e. The van der Waals surface area contributed by atoms with Gasteiger partial charge in [0.1, 0.15) is 6.07 Å². The number of nitrogens with zero attached hydrogens (tertiary/aromatic N) is 1. The number of nitrogens with one attached hydrogen (secondary N) is 1. The Balaban J connectivity index is 2.05. The standard InChI is InChI=1S/C15H19N3O/c1-10-2-4-11(5-3-10)15(19)18-14-7-6-13(17)8-12(14)9-16/h6-8,10-11H,2-5,17H2,1H3,(H,18,19). The van der Waals surface area contributed by atoms with E-state index in [1.54, 1.807) is 18.2 Å². The van der Waals surface area contributed by atoms with E-state index < -0.39 is 0 Å². The van der Waals surface area contributed by atoms with E-state index in [0.717, 1.165) is 31.6 Å². The van der Waals surface area contributed by atoms with Gasteiger partial charge in [0.2, 0.25) is 5.91 Å². The number of rotatable bonds is 2. The highest BCUT2D eigenvalue weighted by atomic mass is 16.1. The lowest BCUT2D eigenvalue weighted by atomic mass is 9.82. The molecule has 19 heavy (non-hydrogen) atoms. The van der Waals surface area contributed by atoms with Crippen molar-refractivity contribution >= 4 is 17.3 Å². The van der Waals surface area contributed by atoms with Gasteiger partial charge in [-0.05, 0) is 49.8 Å². The minimum Gasteiger partial charge on any atom is -0.399 e.